The quantitative estimate of drug-likeness (QED) is 0.472. The number of cyclic esters (lactones) is 1. The molecule has 1 heterocycles. The van der Waals surface area contributed by atoms with Crippen LogP contribution in [0.2, 0.25) is 0 Å². The van der Waals surface area contributed by atoms with Crippen molar-refractivity contribution in [3.05, 3.63) is 35.9 Å². The minimum Gasteiger partial charge on any atom is -0.452 e. The first kappa shape index (κ1) is 14.4. The number of carbonyl (C=O) groups excluding carboxylic acids is 3. The number of hydrogen-bond acceptors (Lipinski definition) is 4. The molecular formula is C16H18O4. The highest BCUT2D eigenvalue weighted by Gasteiger charge is 2.57. The molecule has 0 N–H and O–H groups in total. The van der Waals surface area contributed by atoms with Gasteiger partial charge >= 0.3 is 5.97 Å². The molecule has 0 radical (unpaired) electrons. The van der Waals surface area contributed by atoms with Gasteiger partial charge < -0.3 is 4.74 Å². The van der Waals surface area contributed by atoms with Gasteiger partial charge in [-0.2, -0.15) is 0 Å². The summed E-state index contributed by atoms with van der Waals surface area (Å²) < 4.78 is 5.29. The molecule has 1 atom stereocenters. The smallest absolute Gasteiger partial charge is 0.319 e. The number of hydrogen-bond donors (Lipinski definition) is 0. The van der Waals surface area contributed by atoms with Crippen LogP contribution < -0.4 is 0 Å². The van der Waals surface area contributed by atoms with Gasteiger partial charge in [0.1, 0.15) is 5.41 Å². The van der Waals surface area contributed by atoms with E-state index in [9.17, 15) is 14.4 Å². The number of carbonyl (C=O) groups is 3. The zero-order valence-corrected chi connectivity index (χ0v) is 12.1. The van der Waals surface area contributed by atoms with Gasteiger partial charge in [0.25, 0.3) is 0 Å². The Morgan fingerprint density at radius 3 is 2.15 bits per heavy atom. The van der Waals surface area contributed by atoms with Crippen LogP contribution in [0.25, 0.3) is 0 Å². The van der Waals surface area contributed by atoms with Crippen LogP contribution in [0.5, 0.6) is 0 Å². The average Bonchev–Trinajstić information content (AvgIpc) is 2.42. The van der Waals surface area contributed by atoms with E-state index in [1.165, 1.54) is 13.8 Å². The molecule has 1 aromatic rings. The summed E-state index contributed by atoms with van der Waals surface area (Å²) in [6.45, 7) is 6.36. The Kier molecular flexibility index (Phi) is 3.28. The molecule has 0 aromatic heterocycles. The Morgan fingerprint density at radius 2 is 1.60 bits per heavy atom. The molecule has 1 aliphatic rings. The lowest BCUT2D eigenvalue weighted by molar-refractivity contribution is -0.181. The Bertz CT molecular complexity index is 569. The van der Waals surface area contributed by atoms with Crippen molar-refractivity contribution in [1.29, 1.82) is 0 Å². The van der Waals surface area contributed by atoms with E-state index >= 15 is 0 Å². The van der Waals surface area contributed by atoms with E-state index in [1.807, 2.05) is 0 Å². The second kappa shape index (κ2) is 4.54. The normalized spacial score (nSPS) is 24.1. The Labute approximate surface area is 118 Å². The number of ether oxygens (including phenoxy) is 1. The second-order valence-electron chi connectivity index (χ2n) is 6.19. The predicted molar refractivity (Wildman–Crippen MR) is 73.2 cm³/mol. The number of ketones is 2. The molecule has 0 bridgehead atoms. The zero-order chi connectivity index (χ0) is 15.1. The molecule has 1 fully saturated rings. The fourth-order valence-corrected chi connectivity index (χ4v) is 2.55. The van der Waals surface area contributed by atoms with E-state index in [0.717, 1.165) is 0 Å². The maximum Gasteiger partial charge on any atom is 0.319 e. The summed E-state index contributed by atoms with van der Waals surface area (Å²) in [6.07, 6.45) is -1.07. The van der Waals surface area contributed by atoms with E-state index in [-0.39, 0.29) is 11.6 Å². The lowest BCUT2D eigenvalue weighted by Crippen LogP contribution is -2.58. The average molecular weight is 274 g/mol. The first-order chi connectivity index (χ1) is 9.19. The van der Waals surface area contributed by atoms with E-state index in [2.05, 4.69) is 0 Å². The monoisotopic (exact) mass is 274 g/mol. The highest BCUT2D eigenvalue weighted by atomic mass is 16.6. The van der Waals surface area contributed by atoms with Gasteiger partial charge in [-0.05, 0) is 27.7 Å². The van der Waals surface area contributed by atoms with Crippen LogP contribution in [-0.4, -0.2) is 23.6 Å². The summed E-state index contributed by atoms with van der Waals surface area (Å²) in [5.41, 5.74) is -1.81. The van der Waals surface area contributed by atoms with E-state index in [4.69, 9.17) is 4.74 Å². The number of benzene rings is 1. The van der Waals surface area contributed by atoms with Crippen molar-refractivity contribution in [3.63, 3.8) is 0 Å². The van der Waals surface area contributed by atoms with Gasteiger partial charge in [-0.15, -0.1) is 0 Å². The predicted octanol–water partition coefficient (Wildman–Crippen LogP) is 2.42. The zero-order valence-electron chi connectivity index (χ0n) is 12.1. The highest BCUT2D eigenvalue weighted by Crippen LogP contribution is 2.41. The third kappa shape index (κ3) is 2.05. The molecule has 0 saturated carbocycles. The van der Waals surface area contributed by atoms with Crippen LogP contribution in [0.15, 0.2) is 30.3 Å². The molecule has 1 aromatic carbocycles. The Hall–Kier alpha value is -1.97. The van der Waals surface area contributed by atoms with Crippen LogP contribution in [-0.2, 0) is 14.3 Å². The van der Waals surface area contributed by atoms with Crippen molar-refractivity contribution in [2.45, 2.75) is 33.8 Å². The topological polar surface area (TPSA) is 60.4 Å². The van der Waals surface area contributed by atoms with Gasteiger partial charge in [-0.25, -0.2) is 0 Å². The third-order valence-corrected chi connectivity index (χ3v) is 3.84. The molecular weight excluding hydrogens is 256 g/mol. The second-order valence-corrected chi connectivity index (χ2v) is 6.19. The summed E-state index contributed by atoms with van der Waals surface area (Å²) in [5.74, 6) is -1.25. The molecule has 20 heavy (non-hydrogen) atoms. The van der Waals surface area contributed by atoms with Crippen LogP contribution in [0.3, 0.4) is 0 Å². The van der Waals surface area contributed by atoms with Gasteiger partial charge in [0, 0.05) is 5.56 Å². The molecule has 2 rings (SSSR count). The first-order valence-electron chi connectivity index (χ1n) is 6.54. The molecule has 0 aliphatic carbocycles. The minimum atomic E-state index is -1.21. The Balaban J connectivity index is 2.41. The van der Waals surface area contributed by atoms with Crippen molar-refractivity contribution >= 4 is 17.5 Å². The van der Waals surface area contributed by atoms with Gasteiger partial charge in [-0.3, -0.25) is 14.4 Å². The molecule has 4 nitrogen and oxygen atoms in total. The molecule has 106 valence electrons. The standard InChI is InChI=1S/C16H18O4/c1-15(2)12(11(17)10-8-6-5-7-9-10)20-14(19)16(3,4)13(15)18/h5-9,12H,1-4H3/t12-/m1/s1. The van der Waals surface area contributed by atoms with Gasteiger partial charge in [-0.1, -0.05) is 30.3 Å². The third-order valence-electron chi connectivity index (χ3n) is 3.84. The number of rotatable bonds is 2. The Morgan fingerprint density at radius 1 is 1.05 bits per heavy atom. The fourth-order valence-electron chi connectivity index (χ4n) is 2.55. The van der Waals surface area contributed by atoms with E-state index in [1.54, 1.807) is 44.2 Å². The molecule has 0 unspecified atom stereocenters. The van der Waals surface area contributed by atoms with Crippen molar-refractivity contribution in [2.24, 2.45) is 10.8 Å². The van der Waals surface area contributed by atoms with Gasteiger partial charge in [0.05, 0.1) is 5.41 Å². The van der Waals surface area contributed by atoms with Crippen molar-refractivity contribution in [2.75, 3.05) is 0 Å². The van der Waals surface area contributed by atoms with Crippen LogP contribution in [0.1, 0.15) is 38.1 Å². The van der Waals surface area contributed by atoms with E-state index in [0.29, 0.717) is 5.56 Å². The van der Waals surface area contributed by atoms with Gasteiger partial charge in [0.2, 0.25) is 5.78 Å². The molecule has 0 spiro atoms. The van der Waals surface area contributed by atoms with Gasteiger partial charge in [0.15, 0.2) is 11.9 Å². The van der Waals surface area contributed by atoms with Crippen LogP contribution >= 0.6 is 0 Å². The minimum absolute atomic E-state index is 0.268. The lowest BCUT2D eigenvalue weighted by Gasteiger charge is -2.42. The maximum atomic E-state index is 12.5. The summed E-state index contributed by atoms with van der Waals surface area (Å²) in [4.78, 5) is 36.9. The SMILES string of the molecule is CC1(C)C(=O)O[C@H](C(=O)c2ccccc2)C(C)(C)C1=O. The molecule has 4 heteroatoms. The van der Waals surface area contributed by atoms with Crippen molar-refractivity contribution < 1.29 is 19.1 Å². The van der Waals surface area contributed by atoms with Crippen molar-refractivity contribution in [3.8, 4) is 0 Å². The number of Topliss-reactive ketones (excluding diaryl/α,β-unsaturated/α-hetero) is 2. The van der Waals surface area contributed by atoms with E-state index < -0.39 is 22.9 Å². The molecule has 1 saturated heterocycles. The largest absolute Gasteiger partial charge is 0.452 e. The lowest BCUT2D eigenvalue weighted by atomic mass is 9.67. The maximum absolute atomic E-state index is 12.5. The van der Waals surface area contributed by atoms with Crippen LogP contribution in [0, 0.1) is 10.8 Å². The van der Waals surface area contributed by atoms with Crippen molar-refractivity contribution in [1.82, 2.24) is 0 Å². The summed E-state index contributed by atoms with van der Waals surface area (Å²) in [5, 5.41) is 0. The van der Waals surface area contributed by atoms with Crippen LogP contribution in [0.4, 0.5) is 0 Å². The summed E-state index contributed by atoms with van der Waals surface area (Å²) >= 11 is 0. The highest BCUT2D eigenvalue weighted by molar-refractivity contribution is 6.13. The summed E-state index contributed by atoms with van der Waals surface area (Å²) in [7, 11) is 0. The molecule has 0 amide bonds. The first-order valence-corrected chi connectivity index (χ1v) is 6.54. The summed E-state index contributed by atoms with van der Waals surface area (Å²) in [6, 6.07) is 8.56. The fraction of sp³-hybridized carbons (Fsp3) is 0.438. The number of esters is 1. The molecule has 1 aliphatic heterocycles.